The quantitative estimate of drug-likeness (QED) is 0.454. The van der Waals surface area contributed by atoms with Crippen molar-refractivity contribution in [3.8, 4) is 0 Å². The Balaban J connectivity index is 1.96. The van der Waals surface area contributed by atoms with E-state index in [0.29, 0.717) is 0 Å². The van der Waals surface area contributed by atoms with Crippen molar-refractivity contribution in [2.45, 2.75) is 90.4 Å². The summed E-state index contributed by atoms with van der Waals surface area (Å²) in [4.78, 5) is 0. The Morgan fingerprint density at radius 1 is 0.812 bits per heavy atom. The SMILES string of the molecule is CCc1ccc(Cc2cc(C(C)C(O)C(O)C(O)C(C)CO)c(CC)c3c2CCC3)cc1. The van der Waals surface area contributed by atoms with Gasteiger partial charge in [0.05, 0.1) is 12.2 Å². The highest BCUT2D eigenvalue weighted by Crippen LogP contribution is 2.37. The first-order valence-electron chi connectivity index (χ1n) is 12.2. The maximum absolute atomic E-state index is 11.0. The minimum absolute atomic E-state index is 0.237. The van der Waals surface area contributed by atoms with Gasteiger partial charge < -0.3 is 20.4 Å². The fourth-order valence-corrected chi connectivity index (χ4v) is 5.19. The normalized spacial score (nSPS) is 18.1. The summed E-state index contributed by atoms with van der Waals surface area (Å²) in [5.74, 6) is -0.827. The molecule has 2 aromatic rings. The van der Waals surface area contributed by atoms with E-state index in [-0.39, 0.29) is 12.5 Å². The van der Waals surface area contributed by atoms with Crippen LogP contribution in [0.25, 0.3) is 0 Å². The van der Waals surface area contributed by atoms with E-state index in [1.54, 1.807) is 6.92 Å². The number of hydrogen-bond acceptors (Lipinski definition) is 4. The zero-order valence-electron chi connectivity index (χ0n) is 20.0. The van der Waals surface area contributed by atoms with Gasteiger partial charge in [-0.25, -0.2) is 0 Å². The lowest BCUT2D eigenvalue weighted by molar-refractivity contribution is -0.0911. The molecule has 4 heteroatoms. The fourth-order valence-electron chi connectivity index (χ4n) is 5.19. The van der Waals surface area contributed by atoms with Crippen LogP contribution in [0, 0.1) is 5.92 Å². The van der Waals surface area contributed by atoms with Crippen LogP contribution in [-0.2, 0) is 32.1 Å². The predicted molar refractivity (Wildman–Crippen MR) is 129 cm³/mol. The first-order chi connectivity index (χ1) is 15.3. The zero-order chi connectivity index (χ0) is 23.4. The zero-order valence-corrected chi connectivity index (χ0v) is 20.0. The van der Waals surface area contributed by atoms with Crippen LogP contribution in [-0.4, -0.2) is 45.3 Å². The van der Waals surface area contributed by atoms with Crippen molar-refractivity contribution in [1.82, 2.24) is 0 Å². The molecule has 176 valence electrons. The van der Waals surface area contributed by atoms with Crippen LogP contribution in [0.2, 0.25) is 0 Å². The van der Waals surface area contributed by atoms with Gasteiger partial charge in [0.15, 0.2) is 0 Å². The standard InChI is InChI=1S/C28H40O4/c1-5-19-10-12-20(13-11-19)14-21-15-25(22(6-2)24-9-7-8-23(21)24)18(4)27(31)28(32)26(30)17(3)16-29/h10-13,15,17-18,26-32H,5-9,14,16H2,1-4H3. The Hall–Kier alpha value is -1.72. The molecule has 0 spiro atoms. The highest BCUT2D eigenvalue weighted by atomic mass is 16.4. The average Bonchev–Trinajstić information content (AvgIpc) is 3.32. The maximum Gasteiger partial charge on any atom is 0.107 e. The number of aliphatic hydroxyl groups is 4. The average molecular weight is 441 g/mol. The number of fused-ring (bicyclic) bond motifs is 1. The summed E-state index contributed by atoms with van der Waals surface area (Å²) in [5, 5.41) is 41.3. The number of aliphatic hydroxyl groups excluding tert-OH is 4. The summed E-state index contributed by atoms with van der Waals surface area (Å²) in [6, 6.07) is 11.1. The van der Waals surface area contributed by atoms with E-state index in [9.17, 15) is 20.4 Å². The molecule has 0 radical (unpaired) electrons. The third-order valence-corrected chi connectivity index (χ3v) is 7.40. The van der Waals surface area contributed by atoms with Gasteiger partial charge in [0.1, 0.15) is 6.10 Å². The van der Waals surface area contributed by atoms with Gasteiger partial charge in [-0.1, -0.05) is 58.0 Å². The van der Waals surface area contributed by atoms with Gasteiger partial charge in [-0.15, -0.1) is 0 Å². The minimum atomic E-state index is -1.31. The first kappa shape index (κ1) is 24.9. The predicted octanol–water partition coefficient (Wildman–Crippen LogP) is 3.71. The molecule has 1 aliphatic rings. The molecule has 0 aliphatic heterocycles. The molecule has 1 aliphatic carbocycles. The van der Waals surface area contributed by atoms with Crippen molar-refractivity contribution in [2.75, 3.05) is 6.61 Å². The van der Waals surface area contributed by atoms with E-state index in [0.717, 1.165) is 44.1 Å². The van der Waals surface area contributed by atoms with E-state index in [1.807, 2.05) is 6.92 Å². The van der Waals surface area contributed by atoms with Gasteiger partial charge in [-0.2, -0.15) is 0 Å². The highest BCUT2D eigenvalue weighted by Gasteiger charge is 2.34. The van der Waals surface area contributed by atoms with Crippen LogP contribution >= 0.6 is 0 Å². The molecule has 0 amide bonds. The van der Waals surface area contributed by atoms with E-state index < -0.39 is 24.2 Å². The molecule has 4 N–H and O–H groups in total. The van der Waals surface area contributed by atoms with Gasteiger partial charge in [-0.05, 0) is 77.5 Å². The van der Waals surface area contributed by atoms with E-state index >= 15 is 0 Å². The monoisotopic (exact) mass is 440 g/mol. The van der Waals surface area contributed by atoms with Crippen molar-refractivity contribution < 1.29 is 20.4 Å². The Morgan fingerprint density at radius 2 is 1.44 bits per heavy atom. The summed E-state index contributed by atoms with van der Waals surface area (Å²) >= 11 is 0. The Labute approximate surface area is 192 Å². The highest BCUT2D eigenvalue weighted by molar-refractivity contribution is 5.51. The lowest BCUT2D eigenvalue weighted by atomic mass is 9.80. The first-order valence-corrected chi connectivity index (χ1v) is 12.2. The van der Waals surface area contributed by atoms with Crippen LogP contribution in [0.1, 0.15) is 79.0 Å². The second-order valence-corrected chi connectivity index (χ2v) is 9.53. The number of hydrogen-bond donors (Lipinski definition) is 4. The fraction of sp³-hybridized carbons (Fsp3) is 0.571. The maximum atomic E-state index is 11.0. The molecule has 0 bridgehead atoms. The summed E-state index contributed by atoms with van der Waals surface area (Å²) in [5.41, 5.74) is 9.17. The smallest absolute Gasteiger partial charge is 0.107 e. The molecule has 0 heterocycles. The third kappa shape index (κ3) is 5.09. The number of rotatable bonds is 10. The third-order valence-electron chi connectivity index (χ3n) is 7.40. The Kier molecular flexibility index (Phi) is 8.51. The van der Waals surface area contributed by atoms with Crippen molar-refractivity contribution in [3.63, 3.8) is 0 Å². The summed E-state index contributed by atoms with van der Waals surface area (Å²) in [6.45, 7) is 7.68. The van der Waals surface area contributed by atoms with E-state index in [4.69, 9.17) is 0 Å². The van der Waals surface area contributed by atoms with Gasteiger partial charge in [-0.3, -0.25) is 0 Å². The van der Waals surface area contributed by atoms with Crippen molar-refractivity contribution in [3.05, 3.63) is 69.3 Å². The van der Waals surface area contributed by atoms with Crippen LogP contribution in [0.3, 0.4) is 0 Å². The molecule has 2 aromatic carbocycles. The second kappa shape index (κ2) is 10.9. The van der Waals surface area contributed by atoms with E-state index in [1.165, 1.54) is 33.4 Å². The van der Waals surface area contributed by atoms with Gasteiger partial charge in [0, 0.05) is 18.4 Å². The molecule has 5 unspecified atom stereocenters. The number of aryl methyl sites for hydroxylation is 1. The molecule has 5 atom stereocenters. The molecule has 0 saturated heterocycles. The summed E-state index contributed by atoms with van der Waals surface area (Å²) in [6.07, 6.45) is 2.48. The van der Waals surface area contributed by atoms with Crippen molar-refractivity contribution >= 4 is 0 Å². The Morgan fingerprint density at radius 3 is 2.03 bits per heavy atom. The van der Waals surface area contributed by atoms with Gasteiger partial charge in [0.2, 0.25) is 0 Å². The number of benzene rings is 2. The molecular formula is C28H40O4. The molecule has 32 heavy (non-hydrogen) atoms. The topological polar surface area (TPSA) is 80.9 Å². The van der Waals surface area contributed by atoms with E-state index in [2.05, 4.69) is 44.2 Å². The Bertz CT molecular complexity index is 889. The molecular weight excluding hydrogens is 400 g/mol. The summed E-state index contributed by atoms with van der Waals surface area (Å²) in [7, 11) is 0. The second-order valence-electron chi connectivity index (χ2n) is 9.53. The molecule has 0 aromatic heterocycles. The van der Waals surface area contributed by atoms with Crippen molar-refractivity contribution in [2.24, 2.45) is 5.92 Å². The molecule has 3 rings (SSSR count). The minimum Gasteiger partial charge on any atom is -0.396 e. The van der Waals surface area contributed by atoms with Gasteiger partial charge >= 0.3 is 0 Å². The van der Waals surface area contributed by atoms with Crippen LogP contribution < -0.4 is 0 Å². The largest absolute Gasteiger partial charge is 0.396 e. The molecule has 0 fully saturated rings. The lowest BCUT2D eigenvalue weighted by Gasteiger charge is -2.32. The molecule has 4 nitrogen and oxygen atoms in total. The lowest BCUT2D eigenvalue weighted by Crippen LogP contribution is -2.44. The molecule has 0 saturated carbocycles. The summed E-state index contributed by atoms with van der Waals surface area (Å²) < 4.78 is 0. The van der Waals surface area contributed by atoms with Crippen molar-refractivity contribution in [1.29, 1.82) is 0 Å². The van der Waals surface area contributed by atoms with Crippen LogP contribution in [0.5, 0.6) is 0 Å². The van der Waals surface area contributed by atoms with Gasteiger partial charge in [0.25, 0.3) is 0 Å². The van der Waals surface area contributed by atoms with Crippen LogP contribution in [0.15, 0.2) is 30.3 Å². The van der Waals surface area contributed by atoms with Crippen LogP contribution in [0.4, 0.5) is 0 Å².